The topological polar surface area (TPSA) is 70.2 Å². The van der Waals surface area contributed by atoms with Gasteiger partial charge in [-0.15, -0.1) is 0 Å². The Kier molecular flexibility index (Phi) is 6.66. The highest BCUT2D eigenvalue weighted by molar-refractivity contribution is 6.00. The van der Waals surface area contributed by atoms with Crippen LogP contribution in [0.3, 0.4) is 0 Å². The number of hydrogen-bond donors (Lipinski definition) is 3. The molecule has 0 spiro atoms. The lowest BCUT2D eigenvalue weighted by molar-refractivity contribution is -0.114. The summed E-state index contributed by atoms with van der Waals surface area (Å²) in [4.78, 5) is 24.2. The predicted molar refractivity (Wildman–Crippen MR) is 97.1 cm³/mol. The molecule has 0 saturated heterocycles. The summed E-state index contributed by atoms with van der Waals surface area (Å²) < 4.78 is 26.7. The van der Waals surface area contributed by atoms with Crippen molar-refractivity contribution < 1.29 is 18.4 Å². The van der Waals surface area contributed by atoms with Gasteiger partial charge in [0.2, 0.25) is 5.91 Å². The van der Waals surface area contributed by atoms with Crippen LogP contribution in [-0.4, -0.2) is 24.9 Å². The van der Waals surface area contributed by atoms with Crippen molar-refractivity contribution in [1.29, 1.82) is 0 Å². The number of amides is 2. The Bertz CT molecular complexity index is 794. The summed E-state index contributed by atoms with van der Waals surface area (Å²) in [5.41, 5.74) is 0.640. The van der Waals surface area contributed by atoms with Crippen LogP contribution in [0.25, 0.3) is 0 Å². The van der Waals surface area contributed by atoms with Gasteiger partial charge in [-0.3, -0.25) is 9.59 Å². The summed E-state index contributed by atoms with van der Waals surface area (Å²) in [5.74, 6) is -1.88. The molecular formula is C19H21F2N3O2. The first-order chi connectivity index (χ1) is 12.4. The van der Waals surface area contributed by atoms with E-state index < -0.39 is 17.5 Å². The molecule has 3 N–H and O–H groups in total. The van der Waals surface area contributed by atoms with Crippen LogP contribution in [0, 0.1) is 17.6 Å². The van der Waals surface area contributed by atoms with Gasteiger partial charge in [0, 0.05) is 18.3 Å². The van der Waals surface area contributed by atoms with Gasteiger partial charge >= 0.3 is 0 Å². The van der Waals surface area contributed by atoms with Crippen LogP contribution in [0.4, 0.5) is 20.2 Å². The van der Waals surface area contributed by atoms with Crippen LogP contribution in [0.5, 0.6) is 0 Å². The third-order valence-electron chi connectivity index (χ3n) is 3.48. The zero-order chi connectivity index (χ0) is 19.1. The van der Waals surface area contributed by atoms with Crippen LogP contribution in [0.1, 0.15) is 24.2 Å². The van der Waals surface area contributed by atoms with Crippen LogP contribution in [0.2, 0.25) is 0 Å². The molecule has 2 aromatic carbocycles. The van der Waals surface area contributed by atoms with Gasteiger partial charge in [0.05, 0.1) is 17.8 Å². The molecular weight excluding hydrogens is 340 g/mol. The monoisotopic (exact) mass is 361 g/mol. The van der Waals surface area contributed by atoms with Crippen LogP contribution in [-0.2, 0) is 4.79 Å². The van der Waals surface area contributed by atoms with Gasteiger partial charge in [-0.05, 0) is 30.2 Å². The minimum absolute atomic E-state index is 0.204. The molecule has 5 nitrogen and oxygen atoms in total. The van der Waals surface area contributed by atoms with Gasteiger partial charge < -0.3 is 16.0 Å². The molecule has 138 valence electrons. The lowest BCUT2D eigenvalue weighted by Gasteiger charge is -2.13. The van der Waals surface area contributed by atoms with E-state index in [2.05, 4.69) is 16.0 Å². The van der Waals surface area contributed by atoms with E-state index in [1.165, 1.54) is 0 Å². The van der Waals surface area contributed by atoms with Crippen LogP contribution >= 0.6 is 0 Å². The maximum atomic E-state index is 13.6. The minimum atomic E-state index is -0.729. The van der Waals surface area contributed by atoms with E-state index in [1.807, 2.05) is 13.8 Å². The van der Waals surface area contributed by atoms with Gasteiger partial charge in [-0.2, -0.15) is 0 Å². The maximum absolute atomic E-state index is 13.6. The molecule has 0 heterocycles. The second-order valence-electron chi connectivity index (χ2n) is 6.18. The van der Waals surface area contributed by atoms with Gasteiger partial charge in [0.25, 0.3) is 5.91 Å². The molecule has 0 aliphatic rings. The fourth-order valence-corrected chi connectivity index (χ4v) is 2.19. The fourth-order valence-electron chi connectivity index (χ4n) is 2.19. The third-order valence-corrected chi connectivity index (χ3v) is 3.48. The van der Waals surface area contributed by atoms with E-state index in [4.69, 9.17) is 0 Å². The zero-order valence-electron chi connectivity index (χ0n) is 14.6. The van der Waals surface area contributed by atoms with Crippen molar-refractivity contribution in [1.82, 2.24) is 5.32 Å². The second-order valence-corrected chi connectivity index (χ2v) is 6.18. The van der Waals surface area contributed by atoms with Crippen LogP contribution < -0.4 is 16.0 Å². The molecule has 0 aromatic heterocycles. The molecule has 2 aromatic rings. The molecule has 0 aliphatic heterocycles. The van der Waals surface area contributed by atoms with E-state index in [9.17, 15) is 18.4 Å². The van der Waals surface area contributed by atoms with E-state index in [1.54, 1.807) is 24.3 Å². The number of para-hydroxylation sites is 1. The lowest BCUT2D eigenvalue weighted by atomic mass is 10.1. The second kappa shape index (κ2) is 8.94. The molecule has 0 saturated carbocycles. The van der Waals surface area contributed by atoms with Crippen molar-refractivity contribution in [2.75, 3.05) is 23.7 Å². The van der Waals surface area contributed by atoms with E-state index >= 15 is 0 Å². The summed E-state index contributed by atoms with van der Waals surface area (Å²) in [6, 6.07) is 9.56. The molecule has 0 bridgehead atoms. The Labute approximate surface area is 150 Å². The first-order valence-electron chi connectivity index (χ1n) is 8.23. The molecule has 0 radical (unpaired) electrons. The number of rotatable bonds is 7. The van der Waals surface area contributed by atoms with Crippen molar-refractivity contribution >= 4 is 23.2 Å². The van der Waals surface area contributed by atoms with Crippen molar-refractivity contribution in [3.63, 3.8) is 0 Å². The zero-order valence-corrected chi connectivity index (χ0v) is 14.6. The molecule has 0 fully saturated rings. The largest absolute Gasteiger partial charge is 0.376 e. The van der Waals surface area contributed by atoms with E-state index in [0.717, 1.165) is 18.2 Å². The number of benzene rings is 2. The lowest BCUT2D eigenvalue weighted by Crippen LogP contribution is -2.29. The van der Waals surface area contributed by atoms with Crippen LogP contribution in [0.15, 0.2) is 42.5 Å². The Morgan fingerprint density at radius 3 is 2.50 bits per heavy atom. The average Bonchev–Trinajstić information content (AvgIpc) is 2.61. The number of halogens is 2. The standard InChI is InChI=1S/C19H21F2N3O2/c1-12(2)10-23-19(26)14-5-3-4-6-16(14)22-11-18(25)24-17-9-13(20)7-8-15(17)21/h3-9,12,22H,10-11H2,1-2H3,(H,23,26)(H,24,25). The first-order valence-corrected chi connectivity index (χ1v) is 8.23. The fraction of sp³-hybridized carbons (Fsp3) is 0.263. The van der Waals surface area contributed by atoms with Gasteiger partial charge in [-0.1, -0.05) is 26.0 Å². The van der Waals surface area contributed by atoms with Crippen molar-refractivity contribution in [2.24, 2.45) is 5.92 Å². The van der Waals surface area contributed by atoms with Crippen molar-refractivity contribution in [2.45, 2.75) is 13.8 Å². The average molecular weight is 361 g/mol. The van der Waals surface area contributed by atoms with E-state index in [0.29, 0.717) is 23.7 Å². The highest BCUT2D eigenvalue weighted by atomic mass is 19.1. The number of carbonyl (C=O) groups is 2. The highest BCUT2D eigenvalue weighted by Gasteiger charge is 2.13. The van der Waals surface area contributed by atoms with Gasteiger partial charge in [0.1, 0.15) is 11.6 Å². The number of hydrogen-bond acceptors (Lipinski definition) is 3. The summed E-state index contributed by atoms with van der Waals surface area (Å²) in [6.45, 7) is 4.30. The number of carbonyl (C=O) groups excluding carboxylic acids is 2. The normalized spacial score (nSPS) is 10.5. The van der Waals surface area contributed by atoms with Gasteiger partial charge in [-0.25, -0.2) is 8.78 Å². The molecule has 2 rings (SSSR count). The molecule has 0 unspecified atom stereocenters. The summed E-state index contributed by atoms with van der Waals surface area (Å²) in [5, 5.41) is 7.95. The Hall–Kier alpha value is -2.96. The maximum Gasteiger partial charge on any atom is 0.253 e. The first kappa shape index (κ1) is 19.4. The summed E-state index contributed by atoms with van der Waals surface area (Å²) in [7, 11) is 0. The predicted octanol–water partition coefficient (Wildman–Crippen LogP) is 3.40. The molecule has 26 heavy (non-hydrogen) atoms. The van der Waals surface area contributed by atoms with E-state index in [-0.39, 0.29) is 18.1 Å². The van der Waals surface area contributed by atoms with Gasteiger partial charge in [0.15, 0.2) is 0 Å². The summed E-state index contributed by atoms with van der Waals surface area (Å²) >= 11 is 0. The Morgan fingerprint density at radius 1 is 1.04 bits per heavy atom. The molecule has 0 aliphatic carbocycles. The number of anilines is 2. The third kappa shape index (κ3) is 5.54. The SMILES string of the molecule is CC(C)CNC(=O)c1ccccc1NCC(=O)Nc1cc(F)ccc1F. The Balaban J connectivity index is 1.99. The quantitative estimate of drug-likeness (QED) is 0.708. The number of nitrogens with one attached hydrogen (secondary N) is 3. The Morgan fingerprint density at radius 2 is 1.77 bits per heavy atom. The molecule has 0 atom stereocenters. The molecule has 7 heteroatoms. The minimum Gasteiger partial charge on any atom is -0.376 e. The smallest absolute Gasteiger partial charge is 0.253 e. The molecule has 2 amide bonds. The highest BCUT2D eigenvalue weighted by Crippen LogP contribution is 2.17. The van der Waals surface area contributed by atoms with Crippen molar-refractivity contribution in [3.8, 4) is 0 Å². The summed E-state index contributed by atoms with van der Waals surface area (Å²) in [6.07, 6.45) is 0. The van der Waals surface area contributed by atoms with Crippen molar-refractivity contribution in [3.05, 3.63) is 59.7 Å².